The quantitative estimate of drug-likeness (QED) is 0.792. The molecule has 1 aromatic heterocycles. The van der Waals surface area contributed by atoms with Crippen LogP contribution in [0, 0.1) is 0 Å². The van der Waals surface area contributed by atoms with Gasteiger partial charge >= 0.3 is 0 Å². The second-order valence-electron chi connectivity index (χ2n) is 5.18. The third-order valence-electron chi connectivity index (χ3n) is 3.49. The van der Waals surface area contributed by atoms with Crippen LogP contribution in [0.4, 0.5) is 5.69 Å². The van der Waals surface area contributed by atoms with Crippen LogP contribution in [0.25, 0.3) is 0 Å². The van der Waals surface area contributed by atoms with E-state index in [-0.39, 0.29) is 17.5 Å². The number of nitrogen functional groups attached to an aromatic ring is 1. The molecule has 0 radical (unpaired) electrons. The maximum Gasteiger partial charge on any atom is 0.275 e. The maximum absolute atomic E-state index is 12.5. The Bertz CT molecular complexity index is 527. The molecule has 19 heavy (non-hydrogen) atoms. The fourth-order valence-corrected chi connectivity index (χ4v) is 2.29. The Morgan fingerprint density at radius 3 is 2.74 bits per heavy atom. The third-order valence-corrected chi connectivity index (χ3v) is 3.49. The van der Waals surface area contributed by atoms with Crippen LogP contribution in [0.5, 0.6) is 0 Å². The predicted octanol–water partition coefficient (Wildman–Crippen LogP) is 0.357. The van der Waals surface area contributed by atoms with Gasteiger partial charge in [0.05, 0.1) is 5.69 Å². The fourth-order valence-electron chi connectivity index (χ4n) is 2.29. The molecule has 1 fully saturated rings. The summed E-state index contributed by atoms with van der Waals surface area (Å²) in [7, 11) is 1.74. The first-order valence-electron chi connectivity index (χ1n) is 6.13. The number of carbonyl (C=O) groups is 2. The van der Waals surface area contributed by atoms with Crippen LogP contribution in [-0.4, -0.2) is 52.3 Å². The van der Waals surface area contributed by atoms with Gasteiger partial charge in [-0.25, -0.2) is 4.98 Å². The summed E-state index contributed by atoms with van der Waals surface area (Å²) in [4.78, 5) is 31.8. The van der Waals surface area contributed by atoms with Crippen LogP contribution in [0.3, 0.4) is 0 Å². The SMILES string of the molecule is CN1CCN(C(=O)c2ncccc2N)C(C)(C)C1=O. The second-order valence-corrected chi connectivity index (χ2v) is 5.18. The van der Waals surface area contributed by atoms with Crippen LogP contribution in [0.1, 0.15) is 24.3 Å². The molecule has 2 amide bonds. The lowest BCUT2D eigenvalue weighted by atomic mass is 9.97. The van der Waals surface area contributed by atoms with E-state index in [2.05, 4.69) is 4.98 Å². The van der Waals surface area contributed by atoms with Crippen LogP contribution in [0.2, 0.25) is 0 Å². The summed E-state index contributed by atoms with van der Waals surface area (Å²) in [6.07, 6.45) is 1.52. The molecule has 0 bridgehead atoms. The number of carbonyl (C=O) groups excluding carboxylic acids is 2. The number of nitrogens with zero attached hydrogens (tertiary/aromatic N) is 3. The van der Waals surface area contributed by atoms with Crippen molar-refractivity contribution in [3.63, 3.8) is 0 Å². The number of amides is 2. The van der Waals surface area contributed by atoms with E-state index in [1.165, 1.54) is 11.1 Å². The monoisotopic (exact) mass is 262 g/mol. The highest BCUT2D eigenvalue weighted by atomic mass is 16.2. The van der Waals surface area contributed by atoms with Crippen LogP contribution in [-0.2, 0) is 4.79 Å². The highest BCUT2D eigenvalue weighted by molar-refractivity contribution is 6.01. The Hall–Kier alpha value is -2.11. The lowest BCUT2D eigenvalue weighted by molar-refractivity contribution is -0.144. The minimum absolute atomic E-state index is 0.0818. The fraction of sp³-hybridized carbons (Fsp3) is 0.462. The molecule has 6 heteroatoms. The van der Waals surface area contributed by atoms with Gasteiger partial charge in [-0.15, -0.1) is 0 Å². The number of rotatable bonds is 1. The molecule has 102 valence electrons. The molecule has 6 nitrogen and oxygen atoms in total. The van der Waals surface area contributed by atoms with Gasteiger partial charge in [-0.1, -0.05) is 0 Å². The molecule has 0 unspecified atom stereocenters. The van der Waals surface area contributed by atoms with Crippen molar-refractivity contribution in [3.8, 4) is 0 Å². The summed E-state index contributed by atoms with van der Waals surface area (Å²) in [5, 5.41) is 0. The average Bonchev–Trinajstić information content (AvgIpc) is 2.36. The van der Waals surface area contributed by atoms with Crippen molar-refractivity contribution in [2.75, 3.05) is 25.9 Å². The highest BCUT2D eigenvalue weighted by Crippen LogP contribution is 2.24. The van der Waals surface area contributed by atoms with Crippen molar-refractivity contribution in [3.05, 3.63) is 24.0 Å². The van der Waals surface area contributed by atoms with Crippen molar-refractivity contribution in [2.45, 2.75) is 19.4 Å². The van der Waals surface area contributed by atoms with E-state index in [0.29, 0.717) is 18.8 Å². The van der Waals surface area contributed by atoms with Gasteiger partial charge in [0.15, 0.2) is 5.69 Å². The molecule has 2 rings (SSSR count). The molecule has 0 atom stereocenters. The number of piperazine rings is 1. The van der Waals surface area contributed by atoms with Gasteiger partial charge in [0.1, 0.15) is 5.54 Å². The molecule has 2 heterocycles. The molecular weight excluding hydrogens is 244 g/mol. The van der Waals surface area contributed by atoms with Gasteiger partial charge in [-0.3, -0.25) is 9.59 Å². The molecule has 0 spiro atoms. The third kappa shape index (κ3) is 2.14. The van der Waals surface area contributed by atoms with Gasteiger partial charge in [-0.2, -0.15) is 0 Å². The van der Waals surface area contributed by atoms with Crippen LogP contribution >= 0.6 is 0 Å². The number of likely N-dealkylation sites (N-methyl/N-ethyl adjacent to an activating group) is 1. The summed E-state index contributed by atoms with van der Waals surface area (Å²) >= 11 is 0. The normalized spacial score (nSPS) is 18.6. The van der Waals surface area contributed by atoms with Gasteiger partial charge in [-0.05, 0) is 26.0 Å². The van der Waals surface area contributed by atoms with Crippen molar-refractivity contribution in [1.82, 2.24) is 14.8 Å². The lowest BCUT2D eigenvalue weighted by Crippen LogP contribution is -2.63. The van der Waals surface area contributed by atoms with E-state index in [4.69, 9.17) is 5.73 Å². The lowest BCUT2D eigenvalue weighted by Gasteiger charge is -2.44. The smallest absolute Gasteiger partial charge is 0.275 e. The van der Waals surface area contributed by atoms with Crippen molar-refractivity contribution in [2.24, 2.45) is 0 Å². The zero-order valence-corrected chi connectivity index (χ0v) is 11.4. The number of hydrogen-bond acceptors (Lipinski definition) is 4. The summed E-state index contributed by atoms with van der Waals surface area (Å²) in [6.45, 7) is 4.47. The zero-order chi connectivity index (χ0) is 14.2. The molecule has 2 N–H and O–H groups in total. The number of nitrogens with two attached hydrogens (primary N) is 1. The Labute approximate surface area is 112 Å². The molecule has 0 aliphatic carbocycles. The van der Waals surface area contributed by atoms with Gasteiger partial charge < -0.3 is 15.5 Å². The van der Waals surface area contributed by atoms with E-state index in [1.807, 2.05) is 0 Å². The van der Waals surface area contributed by atoms with Crippen LogP contribution in [0.15, 0.2) is 18.3 Å². The number of aromatic nitrogens is 1. The molecule has 0 saturated carbocycles. The standard InChI is InChI=1S/C13H18N4O2/c1-13(2)12(19)16(3)7-8-17(13)11(18)10-9(14)5-4-6-15-10/h4-6H,7-8,14H2,1-3H3. The average molecular weight is 262 g/mol. The van der Waals surface area contributed by atoms with E-state index in [9.17, 15) is 9.59 Å². The molecule has 1 aliphatic rings. The minimum atomic E-state index is -0.881. The molecule has 0 aromatic carbocycles. The number of pyridine rings is 1. The Balaban J connectivity index is 2.34. The Morgan fingerprint density at radius 2 is 2.11 bits per heavy atom. The summed E-state index contributed by atoms with van der Waals surface area (Å²) in [6, 6.07) is 3.30. The van der Waals surface area contributed by atoms with Gasteiger partial charge in [0, 0.05) is 26.3 Å². The summed E-state index contributed by atoms with van der Waals surface area (Å²) in [5.74, 6) is -0.383. The first kappa shape index (κ1) is 13.3. The molecule has 1 aliphatic heterocycles. The van der Waals surface area contributed by atoms with Crippen molar-refractivity contribution >= 4 is 17.5 Å². The topological polar surface area (TPSA) is 79.5 Å². The van der Waals surface area contributed by atoms with Gasteiger partial charge in [0.25, 0.3) is 5.91 Å². The van der Waals surface area contributed by atoms with E-state index >= 15 is 0 Å². The largest absolute Gasteiger partial charge is 0.397 e. The first-order chi connectivity index (χ1) is 8.85. The highest BCUT2D eigenvalue weighted by Gasteiger charge is 2.43. The van der Waals surface area contributed by atoms with E-state index in [0.717, 1.165) is 0 Å². The van der Waals surface area contributed by atoms with Gasteiger partial charge in [0.2, 0.25) is 5.91 Å². The van der Waals surface area contributed by atoms with Crippen LogP contribution < -0.4 is 5.73 Å². The minimum Gasteiger partial charge on any atom is -0.397 e. The van der Waals surface area contributed by atoms with Crippen molar-refractivity contribution in [1.29, 1.82) is 0 Å². The molecular formula is C13H18N4O2. The number of anilines is 1. The molecule has 1 saturated heterocycles. The Morgan fingerprint density at radius 1 is 1.42 bits per heavy atom. The first-order valence-corrected chi connectivity index (χ1v) is 6.13. The van der Waals surface area contributed by atoms with E-state index < -0.39 is 5.54 Å². The maximum atomic E-state index is 12.5. The molecule has 1 aromatic rings. The second kappa shape index (κ2) is 4.53. The zero-order valence-electron chi connectivity index (χ0n) is 11.4. The van der Waals surface area contributed by atoms with Crippen molar-refractivity contribution < 1.29 is 9.59 Å². The predicted molar refractivity (Wildman–Crippen MR) is 71.4 cm³/mol. The summed E-state index contributed by atoms with van der Waals surface area (Å²) in [5.41, 5.74) is 5.42. The summed E-state index contributed by atoms with van der Waals surface area (Å²) < 4.78 is 0. The number of hydrogen-bond donors (Lipinski definition) is 1. The Kier molecular flexibility index (Phi) is 3.18. The van der Waals surface area contributed by atoms with E-state index in [1.54, 1.807) is 37.9 Å².